The minimum atomic E-state index is -2.24. The van der Waals surface area contributed by atoms with Crippen molar-refractivity contribution >= 4 is 58.9 Å². The Kier molecular flexibility index (Phi) is 21.7. The van der Waals surface area contributed by atoms with Crippen molar-refractivity contribution in [3.63, 3.8) is 0 Å². The summed E-state index contributed by atoms with van der Waals surface area (Å²) >= 11 is 13.7. The van der Waals surface area contributed by atoms with E-state index in [9.17, 15) is 8.78 Å². The number of hydrogen-bond donors (Lipinski definition) is 0. The summed E-state index contributed by atoms with van der Waals surface area (Å²) in [5.74, 6) is -1.10. The standard InChI is InChI=1S/C8H8ClFN2O.C4HCl2FN2.C4H7O.3C4H9.Sn/c1-3-13-5(2)7-6(10)4-11-8(9)12-7;5-3-2(7)1-8-4(6)9-3;1-3-5-4-2;3*1-3-4-2;/h4H,2-3H2,1H3;1H;1,4H2,2H3;3*1,3-4H2,2H3;. The van der Waals surface area contributed by atoms with E-state index in [1.807, 2.05) is 0 Å². The van der Waals surface area contributed by atoms with Crippen molar-refractivity contribution in [3.8, 4) is 0 Å². The van der Waals surface area contributed by atoms with Gasteiger partial charge in [0.1, 0.15) is 11.5 Å². The average Bonchev–Trinajstić information content (AvgIpc) is 2.93. The van der Waals surface area contributed by atoms with E-state index < -0.39 is 30.0 Å². The Morgan fingerprint density at radius 3 is 1.60 bits per heavy atom. The number of nitrogens with zero attached hydrogens (tertiary/aromatic N) is 4. The van der Waals surface area contributed by atoms with Gasteiger partial charge in [-0.25, -0.2) is 28.7 Å². The second-order valence-corrected chi connectivity index (χ2v) is 23.1. The number of aromatic nitrogens is 4. The number of ether oxygens (including phenoxy) is 2. The Labute approximate surface area is 257 Å². The zero-order valence-corrected chi connectivity index (χ0v) is 29.5. The molecule has 0 atom stereocenters. The maximum atomic E-state index is 13.0. The molecule has 0 radical (unpaired) electrons. The summed E-state index contributed by atoms with van der Waals surface area (Å²) in [6.45, 7) is 19.8. The van der Waals surface area contributed by atoms with Crippen LogP contribution in [-0.2, 0) is 9.47 Å². The van der Waals surface area contributed by atoms with Gasteiger partial charge in [0.25, 0.3) is 0 Å². The van der Waals surface area contributed by atoms with Crippen LogP contribution < -0.4 is 0 Å². The van der Waals surface area contributed by atoms with Gasteiger partial charge in [-0.3, -0.25) is 0 Å². The van der Waals surface area contributed by atoms with Crippen LogP contribution in [0.1, 0.15) is 78.8 Å². The summed E-state index contributed by atoms with van der Waals surface area (Å²) in [4.78, 5) is 13.8. The van der Waals surface area contributed by atoms with Crippen LogP contribution in [0.25, 0.3) is 5.76 Å². The number of rotatable bonds is 15. The van der Waals surface area contributed by atoms with E-state index in [1.165, 1.54) is 55.6 Å². The summed E-state index contributed by atoms with van der Waals surface area (Å²) in [7, 11) is 0. The molecule has 0 saturated heterocycles. The molecule has 2 heterocycles. The van der Waals surface area contributed by atoms with Crippen molar-refractivity contribution < 1.29 is 18.3 Å². The van der Waals surface area contributed by atoms with E-state index in [0.717, 1.165) is 19.0 Å². The molecule has 6 nitrogen and oxygen atoms in total. The van der Waals surface area contributed by atoms with Gasteiger partial charge >= 0.3 is 120 Å². The van der Waals surface area contributed by atoms with E-state index >= 15 is 0 Å². The Balaban J connectivity index is 0.000000602. The Hall–Kier alpha value is -1.23. The first-order valence-corrected chi connectivity index (χ1v) is 22.3. The summed E-state index contributed by atoms with van der Waals surface area (Å²) < 4.78 is 41.7. The molecule has 0 unspecified atom stereocenters. The molecule has 0 bridgehead atoms. The predicted molar refractivity (Wildman–Crippen MR) is 165 cm³/mol. The van der Waals surface area contributed by atoms with Crippen LogP contribution >= 0.6 is 34.8 Å². The van der Waals surface area contributed by atoms with Crippen molar-refractivity contribution in [1.29, 1.82) is 0 Å². The van der Waals surface area contributed by atoms with E-state index in [4.69, 9.17) is 44.3 Å². The van der Waals surface area contributed by atoms with Gasteiger partial charge in [-0.05, 0) is 30.1 Å². The molecule has 0 spiro atoms. The van der Waals surface area contributed by atoms with E-state index in [2.05, 4.69) is 60.8 Å². The van der Waals surface area contributed by atoms with Crippen molar-refractivity contribution in [2.24, 2.45) is 0 Å². The molecule has 0 amide bonds. The van der Waals surface area contributed by atoms with Crippen LogP contribution in [0, 0.1) is 11.6 Å². The molecule has 226 valence electrons. The zero-order chi connectivity index (χ0) is 30.6. The molecule has 0 aliphatic carbocycles. The fourth-order valence-corrected chi connectivity index (χ4v) is 18.9. The van der Waals surface area contributed by atoms with E-state index in [-0.39, 0.29) is 27.2 Å². The van der Waals surface area contributed by atoms with Crippen molar-refractivity contribution in [1.82, 2.24) is 19.9 Å². The van der Waals surface area contributed by atoms with Crippen LogP contribution in [0.15, 0.2) is 29.3 Å². The quantitative estimate of drug-likeness (QED) is 0.0787. The van der Waals surface area contributed by atoms with Gasteiger partial charge in [0.2, 0.25) is 10.6 Å². The van der Waals surface area contributed by atoms with Gasteiger partial charge in [0.05, 0.1) is 19.0 Å². The molecule has 0 saturated carbocycles. The van der Waals surface area contributed by atoms with Crippen LogP contribution in [0.5, 0.6) is 0 Å². The van der Waals surface area contributed by atoms with Gasteiger partial charge in [0, 0.05) is 0 Å². The second-order valence-electron chi connectivity index (χ2n) is 8.92. The molecular formula is C28H43Cl3F2N4O2Sn. The topological polar surface area (TPSA) is 70.0 Å². The largest absolute Gasteiger partial charge is 0.223 e. The third kappa shape index (κ3) is 15.1. The maximum Gasteiger partial charge on any atom is 0.223 e. The Morgan fingerprint density at radius 2 is 1.20 bits per heavy atom. The van der Waals surface area contributed by atoms with Gasteiger partial charge in [-0.15, -0.1) is 0 Å². The predicted octanol–water partition coefficient (Wildman–Crippen LogP) is 10.1. The average molecular weight is 731 g/mol. The maximum absolute atomic E-state index is 13.0. The molecule has 40 heavy (non-hydrogen) atoms. The monoisotopic (exact) mass is 730 g/mol. The van der Waals surface area contributed by atoms with E-state index in [1.54, 1.807) is 6.92 Å². The zero-order valence-electron chi connectivity index (χ0n) is 24.3. The van der Waals surface area contributed by atoms with Crippen LogP contribution in [-0.4, -0.2) is 51.5 Å². The van der Waals surface area contributed by atoms with Gasteiger partial charge in [0.15, 0.2) is 16.8 Å². The normalized spacial score (nSPS) is 10.6. The minimum Gasteiger partial charge on any atom is -0.223 e. The fraction of sp³-hybridized carbons (Fsp3) is 0.571. The number of unbranched alkanes of at least 4 members (excludes halogenated alkanes) is 3. The smallest absolute Gasteiger partial charge is 0.223 e. The fourth-order valence-electron chi connectivity index (χ4n) is 3.78. The van der Waals surface area contributed by atoms with Gasteiger partial charge < -0.3 is 4.74 Å². The third-order valence-corrected chi connectivity index (χ3v) is 21.5. The van der Waals surface area contributed by atoms with Gasteiger partial charge in [-0.2, -0.15) is 0 Å². The van der Waals surface area contributed by atoms with Crippen LogP contribution in [0.2, 0.25) is 29.0 Å². The van der Waals surface area contributed by atoms with Crippen molar-refractivity contribution in [3.05, 3.63) is 62.4 Å². The molecule has 2 aromatic rings. The molecule has 2 rings (SSSR count). The first-order valence-electron chi connectivity index (χ1n) is 13.7. The van der Waals surface area contributed by atoms with Crippen molar-refractivity contribution in [2.75, 3.05) is 13.2 Å². The molecular weight excluding hydrogens is 687 g/mol. The van der Waals surface area contributed by atoms with Gasteiger partial charge in [-0.1, -0.05) is 18.2 Å². The molecule has 12 heteroatoms. The molecule has 0 aliphatic heterocycles. The summed E-state index contributed by atoms with van der Waals surface area (Å²) in [6, 6.07) is 0. The first kappa shape index (κ1) is 38.8. The van der Waals surface area contributed by atoms with E-state index in [0.29, 0.717) is 6.61 Å². The summed E-state index contributed by atoms with van der Waals surface area (Å²) in [5, 5.41) is -0.339. The third-order valence-electron chi connectivity index (χ3n) is 5.91. The molecule has 0 aromatic carbocycles. The second kappa shape index (κ2) is 22.4. The van der Waals surface area contributed by atoms with Crippen molar-refractivity contribution in [2.45, 2.75) is 86.5 Å². The minimum absolute atomic E-state index is 0.00171. The Morgan fingerprint density at radius 1 is 0.750 bits per heavy atom. The van der Waals surface area contributed by atoms with Crippen LogP contribution in [0.4, 0.5) is 8.78 Å². The molecule has 2 aromatic heterocycles. The summed E-state index contributed by atoms with van der Waals surface area (Å²) in [6.07, 6.45) is 10.00. The Bertz CT molecular complexity index is 1010. The number of hydrogen-bond acceptors (Lipinski definition) is 6. The first-order chi connectivity index (χ1) is 19.0. The van der Waals surface area contributed by atoms with Crippen LogP contribution in [0.3, 0.4) is 0 Å². The molecule has 0 aliphatic rings. The molecule has 0 fully saturated rings. The SMILES string of the molecule is C=C(OCC)c1nc(Cl)ncc1F.C=[C](OCC)[Sn]([CH2]CCC)([CH2]CCC)[CH2]CCC.Fc1cnc(Cl)nc1Cl. The molecule has 0 N–H and O–H groups in total. The summed E-state index contributed by atoms with van der Waals surface area (Å²) in [5.41, 5.74) is 0.00171. The number of halogens is 5.